The van der Waals surface area contributed by atoms with Crippen molar-refractivity contribution in [2.45, 2.75) is 20.8 Å². The van der Waals surface area contributed by atoms with Crippen LogP contribution in [0.3, 0.4) is 0 Å². The molecule has 0 aliphatic rings. The van der Waals surface area contributed by atoms with E-state index in [1.807, 2.05) is 26.0 Å². The van der Waals surface area contributed by atoms with Gasteiger partial charge in [-0.3, -0.25) is 4.79 Å². The quantitative estimate of drug-likeness (QED) is 0.644. The zero-order chi connectivity index (χ0) is 17.1. The first-order valence-electron chi connectivity index (χ1n) is 7.44. The lowest BCUT2D eigenvalue weighted by atomic mass is 10.1. The van der Waals surface area contributed by atoms with Gasteiger partial charge in [-0.05, 0) is 50.6 Å². The summed E-state index contributed by atoms with van der Waals surface area (Å²) in [5.41, 5.74) is 5.37. The lowest BCUT2D eigenvalue weighted by Gasteiger charge is -2.10. The first kappa shape index (κ1) is 16.6. The van der Waals surface area contributed by atoms with E-state index < -0.39 is 0 Å². The Morgan fingerprint density at radius 2 is 1.78 bits per heavy atom. The molecule has 0 bridgehead atoms. The number of carbonyl (C=O) groups excluding carboxylic acids is 1. The molecule has 23 heavy (non-hydrogen) atoms. The number of nitrogens with zero attached hydrogens (tertiary/aromatic N) is 3. The fraction of sp³-hybridized carbons (Fsp3) is 0.263. The second-order valence-corrected chi connectivity index (χ2v) is 5.87. The summed E-state index contributed by atoms with van der Waals surface area (Å²) in [6.07, 6.45) is 1.66. The minimum atomic E-state index is -0.285. The van der Waals surface area contributed by atoms with Crippen molar-refractivity contribution < 1.29 is 4.79 Å². The van der Waals surface area contributed by atoms with Crippen LogP contribution in [-0.4, -0.2) is 29.5 Å². The largest absolute Gasteiger partial charge is 0.344 e. The number of rotatable bonds is 3. The van der Waals surface area contributed by atoms with E-state index in [0.717, 1.165) is 22.6 Å². The van der Waals surface area contributed by atoms with E-state index in [2.05, 4.69) is 35.8 Å². The normalized spacial score (nSPS) is 11.2. The van der Waals surface area contributed by atoms with E-state index in [1.54, 1.807) is 20.2 Å². The van der Waals surface area contributed by atoms with Gasteiger partial charge in [0.2, 0.25) is 0 Å². The summed E-state index contributed by atoms with van der Waals surface area (Å²) in [5.74, 6) is -0.285. The van der Waals surface area contributed by atoms with Gasteiger partial charge in [-0.15, -0.1) is 0 Å². The van der Waals surface area contributed by atoms with Crippen molar-refractivity contribution in [1.82, 2.24) is 9.47 Å². The van der Waals surface area contributed by atoms with Crippen LogP contribution < -0.4 is 0 Å². The molecular formula is C19H21N3O. The van der Waals surface area contributed by atoms with E-state index in [4.69, 9.17) is 0 Å². The van der Waals surface area contributed by atoms with Gasteiger partial charge in [-0.25, -0.2) is 0 Å². The van der Waals surface area contributed by atoms with Gasteiger partial charge in [0.25, 0.3) is 5.91 Å². The SMILES string of the molecule is Cc1ccc(-n2c(C)cc(/C=C(\C#N)C(=O)N(C)C)c2C)cc1. The van der Waals surface area contributed by atoms with Gasteiger partial charge in [0.15, 0.2) is 0 Å². The second kappa shape index (κ2) is 6.53. The Labute approximate surface area is 137 Å². The summed E-state index contributed by atoms with van der Waals surface area (Å²) >= 11 is 0. The minimum Gasteiger partial charge on any atom is -0.344 e. The molecule has 1 amide bonds. The molecule has 0 radical (unpaired) electrons. The van der Waals surface area contributed by atoms with Crippen molar-refractivity contribution in [3.05, 3.63) is 58.4 Å². The molecule has 1 aromatic heterocycles. The predicted molar refractivity (Wildman–Crippen MR) is 92.3 cm³/mol. The molecule has 0 aliphatic heterocycles. The predicted octanol–water partition coefficient (Wildman–Crippen LogP) is 3.40. The first-order chi connectivity index (χ1) is 10.8. The van der Waals surface area contributed by atoms with Crippen LogP contribution in [0.4, 0.5) is 0 Å². The van der Waals surface area contributed by atoms with E-state index in [1.165, 1.54) is 10.5 Å². The van der Waals surface area contributed by atoms with Crippen LogP contribution in [0.1, 0.15) is 22.5 Å². The number of aromatic nitrogens is 1. The van der Waals surface area contributed by atoms with Crippen molar-refractivity contribution in [2.75, 3.05) is 14.1 Å². The van der Waals surface area contributed by atoms with Gasteiger partial charge in [0, 0.05) is 31.2 Å². The zero-order valence-corrected chi connectivity index (χ0v) is 14.2. The molecule has 0 spiro atoms. The molecule has 4 nitrogen and oxygen atoms in total. The number of nitriles is 1. The summed E-state index contributed by atoms with van der Waals surface area (Å²) in [7, 11) is 3.28. The Kier molecular flexibility index (Phi) is 4.71. The molecule has 1 aromatic carbocycles. The summed E-state index contributed by atoms with van der Waals surface area (Å²) in [5, 5.41) is 9.25. The van der Waals surface area contributed by atoms with Gasteiger partial charge in [0.05, 0.1) is 0 Å². The van der Waals surface area contributed by atoms with Gasteiger partial charge >= 0.3 is 0 Å². The number of amides is 1. The van der Waals surface area contributed by atoms with Crippen LogP contribution in [0.2, 0.25) is 0 Å². The lowest BCUT2D eigenvalue weighted by Crippen LogP contribution is -2.22. The molecule has 0 aliphatic carbocycles. The number of benzene rings is 1. The number of carbonyl (C=O) groups is 1. The average molecular weight is 307 g/mol. The summed E-state index contributed by atoms with van der Waals surface area (Å²) in [6, 6.07) is 12.3. The number of likely N-dealkylation sites (N-methyl/N-ethyl adjacent to an activating group) is 1. The van der Waals surface area contributed by atoms with E-state index >= 15 is 0 Å². The highest BCUT2D eigenvalue weighted by Crippen LogP contribution is 2.23. The maximum absolute atomic E-state index is 12.0. The van der Waals surface area contributed by atoms with Crippen molar-refractivity contribution in [2.24, 2.45) is 0 Å². The average Bonchev–Trinajstić information content (AvgIpc) is 2.79. The molecule has 4 heteroatoms. The highest BCUT2D eigenvalue weighted by atomic mass is 16.2. The van der Waals surface area contributed by atoms with Gasteiger partial charge in [-0.2, -0.15) is 5.26 Å². The molecule has 0 atom stereocenters. The molecule has 118 valence electrons. The Bertz CT molecular complexity index is 802. The number of aryl methyl sites for hydroxylation is 2. The van der Waals surface area contributed by atoms with Crippen LogP contribution >= 0.6 is 0 Å². The van der Waals surface area contributed by atoms with Crippen LogP contribution in [0, 0.1) is 32.1 Å². The van der Waals surface area contributed by atoms with Crippen molar-refractivity contribution in [3.8, 4) is 11.8 Å². The Morgan fingerprint density at radius 1 is 1.17 bits per heavy atom. The van der Waals surface area contributed by atoms with Crippen molar-refractivity contribution >= 4 is 12.0 Å². The fourth-order valence-corrected chi connectivity index (χ4v) is 2.56. The molecule has 2 rings (SSSR count). The summed E-state index contributed by atoms with van der Waals surface area (Å²) in [4.78, 5) is 13.4. The van der Waals surface area contributed by atoms with Crippen LogP contribution in [0.5, 0.6) is 0 Å². The molecule has 0 fully saturated rings. The fourth-order valence-electron chi connectivity index (χ4n) is 2.56. The first-order valence-corrected chi connectivity index (χ1v) is 7.44. The molecule has 0 saturated carbocycles. The Hall–Kier alpha value is -2.80. The van der Waals surface area contributed by atoms with Crippen molar-refractivity contribution in [1.29, 1.82) is 5.26 Å². The third kappa shape index (κ3) is 3.35. The van der Waals surface area contributed by atoms with Crippen LogP contribution in [0.25, 0.3) is 11.8 Å². The van der Waals surface area contributed by atoms with Crippen LogP contribution in [0.15, 0.2) is 35.9 Å². The Balaban J connectivity index is 2.51. The Morgan fingerprint density at radius 3 is 2.30 bits per heavy atom. The molecular weight excluding hydrogens is 286 g/mol. The van der Waals surface area contributed by atoms with E-state index in [9.17, 15) is 10.1 Å². The van der Waals surface area contributed by atoms with E-state index in [-0.39, 0.29) is 11.5 Å². The summed E-state index contributed by atoms with van der Waals surface area (Å²) in [6.45, 7) is 6.07. The smallest absolute Gasteiger partial charge is 0.264 e. The second-order valence-electron chi connectivity index (χ2n) is 5.87. The highest BCUT2D eigenvalue weighted by molar-refractivity contribution is 6.01. The molecule has 1 heterocycles. The molecule has 0 unspecified atom stereocenters. The standard InChI is InChI=1S/C19H21N3O/c1-13-6-8-18(9-7-13)22-14(2)10-16(15(22)3)11-17(12-20)19(23)21(4)5/h6-11H,1-5H3/b17-11+. The molecule has 0 saturated heterocycles. The molecule has 0 N–H and O–H groups in total. The zero-order valence-electron chi connectivity index (χ0n) is 14.2. The lowest BCUT2D eigenvalue weighted by molar-refractivity contribution is -0.124. The van der Waals surface area contributed by atoms with Crippen LogP contribution in [-0.2, 0) is 4.79 Å². The topological polar surface area (TPSA) is 49.0 Å². The highest BCUT2D eigenvalue weighted by Gasteiger charge is 2.14. The maximum atomic E-state index is 12.0. The van der Waals surface area contributed by atoms with E-state index in [0.29, 0.717) is 0 Å². The monoisotopic (exact) mass is 307 g/mol. The van der Waals surface area contributed by atoms with Crippen molar-refractivity contribution in [3.63, 3.8) is 0 Å². The third-order valence-corrected chi connectivity index (χ3v) is 3.82. The van der Waals surface area contributed by atoms with Gasteiger partial charge < -0.3 is 9.47 Å². The number of hydrogen-bond donors (Lipinski definition) is 0. The molecule has 2 aromatic rings. The summed E-state index contributed by atoms with van der Waals surface area (Å²) < 4.78 is 2.13. The van der Waals surface area contributed by atoms with Gasteiger partial charge in [0.1, 0.15) is 11.6 Å². The third-order valence-electron chi connectivity index (χ3n) is 3.82. The maximum Gasteiger partial charge on any atom is 0.264 e. The van der Waals surface area contributed by atoms with Gasteiger partial charge in [-0.1, -0.05) is 17.7 Å². The minimum absolute atomic E-state index is 0.138. The number of hydrogen-bond acceptors (Lipinski definition) is 2.